The van der Waals surface area contributed by atoms with Crippen molar-refractivity contribution in [3.8, 4) is 23.0 Å². The number of allylic oxidation sites excluding steroid dienone is 2. The van der Waals surface area contributed by atoms with Gasteiger partial charge in [0.05, 0.1) is 80.7 Å². The second-order valence-electron chi connectivity index (χ2n) is 20.5. The molecule has 8 rings (SSSR count). The van der Waals surface area contributed by atoms with E-state index >= 15 is 0 Å². The normalized spacial score (nSPS) is 11.8. The van der Waals surface area contributed by atoms with E-state index in [1.165, 1.54) is 6.07 Å². The minimum atomic E-state index is -0.708. The quantitative estimate of drug-likeness (QED) is 0.0183. The summed E-state index contributed by atoms with van der Waals surface area (Å²) in [6.07, 6.45) is 5.96. The number of hydrogen-bond acceptors (Lipinski definition) is 18. The topological polar surface area (TPSA) is 307 Å². The van der Waals surface area contributed by atoms with Crippen LogP contribution in [0.2, 0.25) is 0 Å². The molecule has 8 aromatic rings. The van der Waals surface area contributed by atoms with Gasteiger partial charge in [0, 0.05) is 67.2 Å². The van der Waals surface area contributed by atoms with Crippen LogP contribution in [0, 0.1) is 20.8 Å². The van der Waals surface area contributed by atoms with Crippen molar-refractivity contribution in [3.63, 3.8) is 0 Å². The Bertz CT molecular complexity index is 3710. The molecule has 5 N–H and O–H groups in total. The van der Waals surface area contributed by atoms with Crippen molar-refractivity contribution in [1.29, 1.82) is 0 Å². The molecule has 0 spiro atoms. The Morgan fingerprint density at radius 3 is 1.90 bits per heavy atom. The molecule has 0 aliphatic rings. The molecule has 0 radical (unpaired) electrons. The summed E-state index contributed by atoms with van der Waals surface area (Å²) >= 11 is 0. The molecule has 83 heavy (non-hydrogen) atoms. The standard InChI is InChI=1S/C58H72N14O11/c1-10-70-43(26-35(4)65-70)46(73)34-62-57-63-42-30-39(53(60)76)32-48(80-19-15-20-82-56(77)45-28-37(6)67-72(45)12-3)51(42)69(57)18-14-13-17-68-50-40(41-33-61-54(64-55(41)68)44-27-36(5)66-71(44)11-2)29-38(52(59)75)31-47(50)81-25-24-79-23-22-78-21-16-49(74)83-58(7,8)9/h13-14,26-33H,10-12,15-25,34H2,1-9H3,(H2,59,75)(H2,60,76)(H,62,63)/b14-13+. The molecular formula is C58H72N14O11. The van der Waals surface area contributed by atoms with Crippen LogP contribution >= 0.6 is 0 Å². The second-order valence-corrected chi connectivity index (χ2v) is 20.5. The zero-order chi connectivity index (χ0) is 59.5. The number of ketones is 1. The van der Waals surface area contributed by atoms with Crippen LogP contribution < -0.4 is 26.3 Å². The van der Waals surface area contributed by atoms with E-state index in [-0.39, 0.29) is 101 Å². The number of carbonyl (C=O) groups excluding carboxylic acids is 5. The Morgan fingerprint density at radius 2 is 1.23 bits per heavy atom. The lowest BCUT2D eigenvalue weighted by molar-refractivity contribution is -0.156. The van der Waals surface area contributed by atoms with Crippen LogP contribution in [0.5, 0.6) is 11.5 Å². The van der Waals surface area contributed by atoms with Gasteiger partial charge in [-0.05, 0) is 105 Å². The SMILES string of the molecule is CCn1nc(C)cc1C(=O)CNc1nc2cc(C(N)=O)cc(OCCCOC(=O)c3cc(C)nn3CC)c2n1C/C=C/Cn1c2nc(-c3cc(C)nn3CC)ncc2c2cc(C(N)=O)cc(OCCOCCOCCC(=O)OC(C)(C)C)c21. The molecule has 2 aromatic carbocycles. The summed E-state index contributed by atoms with van der Waals surface area (Å²) in [7, 11) is 0. The Hall–Kier alpha value is -8.97. The van der Waals surface area contributed by atoms with Gasteiger partial charge in [-0.2, -0.15) is 15.3 Å². The van der Waals surface area contributed by atoms with Gasteiger partial charge in [0.2, 0.25) is 17.8 Å². The fraction of sp³-hybridized carbons (Fsp3) is 0.431. The average Bonchev–Trinajstić information content (AvgIpc) is 4.42. The number of nitrogens with zero attached hydrogens (tertiary/aromatic N) is 11. The lowest BCUT2D eigenvalue weighted by Crippen LogP contribution is -2.24. The number of amides is 2. The Morgan fingerprint density at radius 1 is 0.639 bits per heavy atom. The molecule has 0 atom stereocenters. The average molecular weight is 1140 g/mol. The van der Waals surface area contributed by atoms with Crippen molar-refractivity contribution in [2.24, 2.45) is 11.5 Å². The molecule has 25 heteroatoms. The van der Waals surface area contributed by atoms with E-state index in [4.69, 9.17) is 54.8 Å². The summed E-state index contributed by atoms with van der Waals surface area (Å²) in [6, 6.07) is 11.7. The number of nitrogens with one attached hydrogen (secondary N) is 1. The highest BCUT2D eigenvalue weighted by molar-refractivity contribution is 6.12. The van der Waals surface area contributed by atoms with Gasteiger partial charge in [-0.3, -0.25) is 33.2 Å². The minimum Gasteiger partial charge on any atom is -0.491 e. The van der Waals surface area contributed by atoms with Gasteiger partial charge in [-0.15, -0.1) is 0 Å². The number of carbonyl (C=O) groups is 5. The molecule has 0 saturated heterocycles. The maximum Gasteiger partial charge on any atom is 0.356 e. The molecule has 440 valence electrons. The van der Waals surface area contributed by atoms with Crippen molar-refractivity contribution >= 4 is 68.5 Å². The van der Waals surface area contributed by atoms with E-state index in [2.05, 4.69) is 20.6 Å². The highest BCUT2D eigenvalue weighted by Gasteiger charge is 2.24. The predicted octanol–water partition coefficient (Wildman–Crippen LogP) is 6.69. The number of anilines is 1. The van der Waals surface area contributed by atoms with Crippen molar-refractivity contribution in [2.75, 3.05) is 58.1 Å². The predicted molar refractivity (Wildman–Crippen MR) is 309 cm³/mol. The van der Waals surface area contributed by atoms with Crippen LogP contribution in [0.1, 0.15) is 113 Å². The molecule has 2 amide bonds. The maximum atomic E-state index is 13.8. The molecule has 0 aliphatic heterocycles. The highest BCUT2D eigenvalue weighted by atomic mass is 16.6. The summed E-state index contributed by atoms with van der Waals surface area (Å²) in [6.45, 7) is 19.5. The second kappa shape index (κ2) is 26.7. The number of ether oxygens (including phenoxy) is 6. The van der Waals surface area contributed by atoms with E-state index in [0.717, 1.165) is 5.69 Å². The van der Waals surface area contributed by atoms with Crippen LogP contribution in [0.3, 0.4) is 0 Å². The zero-order valence-corrected chi connectivity index (χ0v) is 48.4. The zero-order valence-electron chi connectivity index (χ0n) is 48.4. The minimum absolute atomic E-state index is 0.0346. The first-order chi connectivity index (χ1) is 39.8. The largest absolute Gasteiger partial charge is 0.491 e. The van der Waals surface area contributed by atoms with Crippen molar-refractivity contribution < 1.29 is 52.4 Å². The van der Waals surface area contributed by atoms with Gasteiger partial charge >= 0.3 is 11.9 Å². The molecule has 0 saturated carbocycles. The summed E-state index contributed by atoms with van der Waals surface area (Å²) < 4.78 is 44.0. The molecule has 6 aromatic heterocycles. The van der Waals surface area contributed by atoms with Crippen LogP contribution in [0.15, 0.2) is 60.8 Å². The Balaban J connectivity index is 1.10. The van der Waals surface area contributed by atoms with Crippen molar-refractivity contribution in [1.82, 2.24) is 53.4 Å². The highest BCUT2D eigenvalue weighted by Crippen LogP contribution is 2.37. The molecule has 6 heterocycles. The lowest BCUT2D eigenvalue weighted by Gasteiger charge is -2.19. The summed E-state index contributed by atoms with van der Waals surface area (Å²) in [5.41, 5.74) is 17.2. The molecule has 0 aliphatic carbocycles. The third kappa shape index (κ3) is 14.6. The first-order valence-corrected chi connectivity index (χ1v) is 27.6. The van der Waals surface area contributed by atoms with E-state index < -0.39 is 23.4 Å². The number of aryl methyl sites for hydroxylation is 6. The fourth-order valence-electron chi connectivity index (χ4n) is 9.41. The van der Waals surface area contributed by atoms with Crippen LogP contribution in [0.4, 0.5) is 5.95 Å². The Kier molecular flexibility index (Phi) is 19.4. The van der Waals surface area contributed by atoms with Crippen molar-refractivity contribution in [3.05, 3.63) is 100 Å². The third-order valence-electron chi connectivity index (χ3n) is 13.0. The number of benzene rings is 2. The fourth-order valence-corrected chi connectivity index (χ4v) is 9.41. The number of Topliss-reactive ketones (excluding diaryl/α,β-unsaturated/α-hetero) is 1. The number of esters is 2. The number of imidazole rings is 1. The first kappa shape index (κ1) is 60.1. The first-order valence-electron chi connectivity index (χ1n) is 27.6. The number of hydrogen-bond donors (Lipinski definition) is 3. The maximum absolute atomic E-state index is 13.8. The summed E-state index contributed by atoms with van der Waals surface area (Å²) in [5, 5.41) is 17.9. The number of rotatable bonds is 30. The number of primary amides is 2. The molecule has 0 unspecified atom stereocenters. The Labute approximate surface area is 479 Å². The van der Waals surface area contributed by atoms with E-state index in [1.807, 2.05) is 87.4 Å². The van der Waals surface area contributed by atoms with Crippen LogP contribution in [-0.4, -0.2) is 141 Å². The monoisotopic (exact) mass is 1140 g/mol. The number of aromatic nitrogens is 11. The van der Waals surface area contributed by atoms with Crippen molar-refractivity contribution in [2.45, 2.75) is 113 Å². The van der Waals surface area contributed by atoms with Gasteiger partial charge in [-0.25, -0.2) is 19.7 Å². The van der Waals surface area contributed by atoms with Gasteiger partial charge in [0.15, 0.2) is 11.6 Å². The van der Waals surface area contributed by atoms with Gasteiger partial charge < -0.3 is 54.3 Å². The molecule has 0 bridgehead atoms. The van der Waals surface area contributed by atoms with E-state index in [0.29, 0.717) is 105 Å². The van der Waals surface area contributed by atoms with Gasteiger partial charge in [0.1, 0.15) is 52.0 Å². The molecular weight excluding hydrogens is 1070 g/mol. The van der Waals surface area contributed by atoms with E-state index in [1.54, 1.807) is 52.8 Å². The smallest absolute Gasteiger partial charge is 0.356 e. The lowest BCUT2D eigenvalue weighted by atomic mass is 10.1. The molecule has 0 fully saturated rings. The number of nitrogens with two attached hydrogens (primary N) is 2. The van der Waals surface area contributed by atoms with Crippen LogP contribution in [-0.2, 0) is 56.5 Å². The van der Waals surface area contributed by atoms with Gasteiger partial charge in [0.25, 0.3) is 0 Å². The van der Waals surface area contributed by atoms with E-state index in [9.17, 15) is 24.0 Å². The summed E-state index contributed by atoms with van der Waals surface area (Å²) in [4.78, 5) is 79.4. The van der Waals surface area contributed by atoms with Gasteiger partial charge in [-0.1, -0.05) is 12.2 Å². The van der Waals surface area contributed by atoms with Crippen LogP contribution in [0.25, 0.3) is 44.5 Å². The third-order valence-corrected chi connectivity index (χ3v) is 13.0. The molecule has 25 nitrogen and oxygen atoms in total. The summed E-state index contributed by atoms with van der Waals surface area (Å²) in [5.74, 6) is -1.11. The number of fused-ring (bicyclic) bond motifs is 4.